The maximum Gasteiger partial charge on any atom is 0.227 e. The zero-order valence-corrected chi connectivity index (χ0v) is 16.3. The summed E-state index contributed by atoms with van der Waals surface area (Å²) < 4.78 is 5.34. The number of nitrogens with zero attached hydrogens (tertiary/aromatic N) is 4. The number of rotatable bonds is 3. The van der Waals surface area contributed by atoms with Gasteiger partial charge in [0.15, 0.2) is 0 Å². The molecule has 0 spiro atoms. The fourth-order valence-corrected chi connectivity index (χ4v) is 4.36. The number of anilines is 1. The van der Waals surface area contributed by atoms with Gasteiger partial charge in [0.1, 0.15) is 0 Å². The number of ether oxygens (including phenoxy) is 1. The Morgan fingerprint density at radius 1 is 0.893 bits per heavy atom. The van der Waals surface area contributed by atoms with Gasteiger partial charge < -0.3 is 24.8 Å². The Morgan fingerprint density at radius 3 is 2.07 bits per heavy atom. The fourth-order valence-electron chi connectivity index (χ4n) is 4.36. The van der Waals surface area contributed by atoms with E-state index in [0.29, 0.717) is 45.8 Å². The minimum atomic E-state index is -0.115. The molecule has 3 fully saturated rings. The summed E-state index contributed by atoms with van der Waals surface area (Å²) in [4.78, 5) is 36.0. The normalized spacial score (nSPS) is 26.2. The number of morpholine rings is 1. The third-order valence-corrected chi connectivity index (χ3v) is 5.99. The second-order valence-corrected chi connectivity index (χ2v) is 7.74. The molecule has 0 radical (unpaired) electrons. The number of hydrogen-bond acceptors (Lipinski definition) is 6. The van der Waals surface area contributed by atoms with Crippen LogP contribution in [0.4, 0.5) is 5.69 Å². The van der Waals surface area contributed by atoms with Crippen molar-refractivity contribution in [1.82, 2.24) is 20.1 Å². The highest BCUT2D eigenvalue weighted by Crippen LogP contribution is 2.23. The van der Waals surface area contributed by atoms with E-state index in [1.165, 1.54) is 0 Å². The van der Waals surface area contributed by atoms with E-state index in [1.807, 2.05) is 21.9 Å². The molecular weight excluding hydrogens is 358 g/mol. The van der Waals surface area contributed by atoms with Gasteiger partial charge in [-0.1, -0.05) is 0 Å². The van der Waals surface area contributed by atoms with Gasteiger partial charge in [0, 0.05) is 70.4 Å². The summed E-state index contributed by atoms with van der Waals surface area (Å²) in [7, 11) is 0. The number of piperazine rings is 1. The van der Waals surface area contributed by atoms with Gasteiger partial charge in [-0.2, -0.15) is 0 Å². The molecule has 1 aromatic rings. The van der Waals surface area contributed by atoms with E-state index in [9.17, 15) is 9.59 Å². The van der Waals surface area contributed by atoms with E-state index in [1.54, 1.807) is 12.4 Å². The molecule has 3 aliphatic rings. The largest absolute Gasteiger partial charge is 0.378 e. The predicted octanol–water partition coefficient (Wildman–Crippen LogP) is -0.185. The molecule has 0 saturated carbocycles. The van der Waals surface area contributed by atoms with Gasteiger partial charge in [0.25, 0.3) is 0 Å². The molecule has 0 aromatic carbocycles. The van der Waals surface area contributed by atoms with Crippen LogP contribution in [-0.4, -0.2) is 92.2 Å². The van der Waals surface area contributed by atoms with Gasteiger partial charge in [-0.15, -0.1) is 0 Å². The average Bonchev–Trinajstić information content (AvgIpc) is 2.79. The van der Waals surface area contributed by atoms with Crippen LogP contribution >= 0.6 is 0 Å². The van der Waals surface area contributed by atoms with Crippen LogP contribution in [0.1, 0.15) is 6.42 Å². The molecule has 0 unspecified atom stereocenters. The molecule has 4 rings (SSSR count). The number of piperidine rings is 1. The van der Waals surface area contributed by atoms with E-state index >= 15 is 0 Å². The Morgan fingerprint density at radius 2 is 1.46 bits per heavy atom. The lowest BCUT2D eigenvalue weighted by Gasteiger charge is -2.39. The van der Waals surface area contributed by atoms with Gasteiger partial charge in [-0.25, -0.2) is 0 Å². The first-order chi connectivity index (χ1) is 13.7. The molecule has 1 aromatic heterocycles. The minimum absolute atomic E-state index is 0.112. The molecule has 0 bridgehead atoms. The van der Waals surface area contributed by atoms with E-state index in [2.05, 4.69) is 15.2 Å². The molecule has 2 atom stereocenters. The molecular formula is C20H29N5O3. The molecule has 1 N–H and O–H groups in total. The fraction of sp³-hybridized carbons (Fsp3) is 0.650. The van der Waals surface area contributed by atoms with Crippen molar-refractivity contribution in [3.8, 4) is 0 Å². The molecule has 8 nitrogen and oxygen atoms in total. The van der Waals surface area contributed by atoms with Gasteiger partial charge in [0.05, 0.1) is 25.0 Å². The van der Waals surface area contributed by atoms with E-state index in [0.717, 1.165) is 31.9 Å². The molecule has 4 heterocycles. The summed E-state index contributed by atoms with van der Waals surface area (Å²) >= 11 is 0. The summed E-state index contributed by atoms with van der Waals surface area (Å²) in [6.45, 7) is 6.95. The lowest BCUT2D eigenvalue weighted by atomic mass is 9.88. The zero-order chi connectivity index (χ0) is 19.3. The number of hydrogen-bond donors (Lipinski definition) is 1. The van der Waals surface area contributed by atoms with Crippen LogP contribution in [0.2, 0.25) is 0 Å². The molecule has 3 saturated heterocycles. The van der Waals surface area contributed by atoms with Crippen molar-refractivity contribution in [2.24, 2.45) is 11.8 Å². The number of nitrogens with one attached hydrogen (secondary N) is 1. The quantitative estimate of drug-likeness (QED) is 0.775. The molecule has 0 aliphatic carbocycles. The van der Waals surface area contributed by atoms with Crippen LogP contribution in [0.15, 0.2) is 24.5 Å². The van der Waals surface area contributed by atoms with Crippen LogP contribution in [0.5, 0.6) is 0 Å². The van der Waals surface area contributed by atoms with Crippen LogP contribution < -0.4 is 10.2 Å². The Balaban J connectivity index is 1.30. The van der Waals surface area contributed by atoms with Crippen molar-refractivity contribution in [2.75, 3.05) is 70.5 Å². The highest BCUT2D eigenvalue weighted by atomic mass is 16.5. The number of amides is 2. The van der Waals surface area contributed by atoms with Crippen LogP contribution in [0, 0.1) is 11.8 Å². The van der Waals surface area contributed by atoms with Gasteiger partial charge in [-0.3, -0.25) is 14.6 Å². The summed E-state index contributed by atoms with van der Waals surface area (Å²) in [6.07, 6.45) is 4.24. The van der Waals surface area contributed by atoms with Gasteiger partial charge in [0.2, 0.25) is 11.8 Å². The average molecular weight is 387 g/mol. The van der Waals surface area contributed by atoms with Crippen molar-refractivity contribution in [3.05, 3.63) is 24.5 Å². The Labute approximate surface area is 165 Å². The SMILES string of the molecule is O=C([C@@H]1CNC[C@H](C(=O)N2CCOCC2)C1)N1CCN(c2ccncc2)CC1. The highest BCUT2D eigenvalue weighted by molar-refractivity contribution is 5.83. The van der Waals surface area contributed by atoms with E-state index < -0.39 is 0 Å². The van der Waals surface area contributed by atoms with Crippen molar-refractivity contribution in [2.45, 2.75) is 6.42 Å². The maximum absolute atomic E-state index is 13.1. The highest BCUT2D eigenvalue weighted by Gasteiger charge is 2.36. The number of carbonyl (C=O) groups is 2. The first-order valence-electron chi connectivity index (χ1n) is 10.2. The third-order valence-electron chi connectivity index (χ3n) is 5.99. The lowest BCUT2D eigenvalue weighted by molar-refractivity contribution is -0.143. The monoisotopic (exact) mass is 387 g/mol. The Bertz CT molecular complexity index is 672. The van der Waals surface area contributed by atoms with E-state index in [4.69, 9.17) is 4.74 Å². The molecule has 3 aliphatic heterocycles. The number of pyridine rings is 1. The minimum Gasteiger partial charge on any atom is -0.378 e. The first-order valence-corrected chi connectivity index (χ1v) is 10.2. The second-order valence-electron chi connectivity index (χ2n) is 7.74. The van der Waals surface area contributed by atoms with Gasteiger partial charge in [-0.05, 0) is 18.6 Å². The molecule has 152 valence electrons. The molecule has 8 heteroatoms. The second kappa shape index (κ2) is 8.87. The summed E-state index contributed by atoms with van der Waals surface area (Å²) in [6, 6.07) is 4.01. The van der Waals surface area contributed by atoms with Crippen molar-refractivity contribution in [1.29, 1.82) is 0 Å². The van der Waals surface area contributed by atoms with Crippen LogP contribution in [0.3, 0.4) is 0 Å². The predicted molar refractivity (Wildman–Crippen MR) is 105 cm³/mol. The standard InChI is InChI=1S/C20H29N5O3/c26-19(24-7-5-23(6-8-24)18-1-3-21-4-2-18)16-13-17(15-22-14-16)20(27)25-9-11-28-12-10-25/h1-4,16-17,22H,5-15H2/t16-,17+/m0/s1. The van der Waals surface area contributed by atoms with Gasteiger partial charge >= 0.3 is 0 Å². The topological polar surface area (TPSA) is 78.0 Å². The summed E-state index contributed by atoms with van der Waals surface area (Å²) in [5.41, 5.74) is 1.15. The molecule has 2 amide bonds. The van der Waals surface area contributed by atoms with E-state index in [-0.39, 0.29) is 23.7 Å². The summed E-state index contributed by atoms with van der Waals surface area (Å²) in [5.74, 6) is 0.118. The van der Waals surface area contributed by atoms with Crippen molar-refractivity contribution < 1.29 is 14.3 Å². The maximum atomic E-state index is 13.1. The van der Waals surface area contributed by atoms with Crippen LogP contribution in [-0.2, 0) is 14.3 Å². The number of carbonyl (C=O) groups excluding carboxylic acids is 2. The first kappa shape index (κ1) is 19.1. The zero-order valence-electron chi connectivity index (χ0n) is 16.3. The molecule has 28 heavy (non-hydrogen) atoms. The van der Waals surface area contributed by atoms with Crippen molar-refractivity contribution in [3.63, 3.8) is 0 Å². The smallest absolute Gasteiger partial charge is 0.227 e. The number of aromatic nitrogens is 1. The van der Waals surface area contributed by atoms with Crippen LogP contribution in [0.25, 0.3) is 0 Å². The Kier molecular flexibility index (Phi) is 6.07. The van der Waals surface area contributed by atoms with Crippen molar-refractivity contribution >= 4 is 17.5 Å². The Hall–Kier alpha value is -2.19. The third kappa shape index (κ3) is 4.28. The lowest BCUT2D eigenvalue weighted by Crippen LogP contribution is -2.54. The summed E-state index contributed by atoms with van der Waals surface area (Å²) in [5, 5.41) is 3.32.